The molecule has 2 nitrogen and oxygen atoms in total. The van der Waals surface area contributed by atoms with Crippen LogP contribution in [0, 0.1) is 16.7 Å². The summed E-state index contributed by atoms with van der Waals surface area (Å²) in [5.74, 6) is 0. The largest absolute Gasteiger partial charge is 0.379 e. The third-order valence-corrected chi connectivity index (χ3v) is 3.12. The molecule has 0 aromatic carbocycles. The van der Waals surface area contributed by atoms with Crippen molar-refractivity contribution in [1.29, 1.82) is 5.26 Å². The number of hydrogen-bond donors (Lipinski definition) is 0. The predicted octanol–water partition coefficient (Wildman–Crippen LogP) is 4.69. The maximum absolute atomic E-state index is 8.88. The smallest absolute Gasteiger partial charge is 0.0683 e. The molecule has 0 bridgehead atoms. The minimum absolute atomic E-state index is 0.201. The van der Waals surface area contributed by atoms with E-state index in [4.69, 9.17) is 10.00 Å². The monoisotopic (exact) mass is 239 g/mol. The summed E-state index contributed by atoms with van der Waals surface area (Å²) in [6.07, 6.45) is 8.68. The fourth-order valence-corrected chi connectivity index (χ4v) is 1.80. The van der Waals surface area contributed by atoms with Gasteiger partial charge in [-0.2, -0.15) is 5.26 Å². The molecule has 0 amide bonds. The van der Waals surface area contributed by atoms with E-state index in [1.807, 2.05) is 13.8 Å². The van der Waals surface area contributed by atoms with Gasteiger partial charge in [0, 0.05) is 6.61 Å². The predicted molar refractivity (Wildman–Crippen MR) is 72.8 cm³/mol. The Morgan fingerprint density at radius 3 is 2.47 bits per heavy atom. The molecule has 0 aliphatic carbocycles. The lowest BCUT2D eigenvalue weighted by Gasteiger charge is -2.16. The second-order valence-corrected chi connectivity index (χ2v) is 5.63. The maximum Gasteiger partial charge on any atom is 0.0683 e. The zero-order valence-electron chi connectivity index (χ0n) is 12.1. The molecule has 0 saturated carbocycles. The van der Waals surface area contributed by atoms with Crippen LogP contribution in [0.1, 0.15) is 72.6 Å². The van der Waals surface area contributed by atoms with Crippen LogP contribution in [0.5, 0.6) is 0 Å². The molecule has 2 heteroatoms. The van der Waals surface area contributed by atoms with Crippen LogP contribution in [0.15, 0.2) is 0 Å². The summed E-state index contributed by atoms with van der Waals surface area (Å²) in [6, 6.07) is 2.32. The van der Waals surface area contributed by atoms with E-state index in [1.54, 1.807) is 0 Å². The highest BCUT2D eigenvalue weighted by atomic mass is 16.5. The minimum Gasteiger partial charge on any atom is -0.379 e. The highest BCUT2D eigenvalue weighted by Gasteiger charge is 2.15. The molecule has 17 heavy (non-hydrogen) atoms. The Morgan fingerprint density at radius 2 is 1.88 bits per heavy atom. The Balaban J connectivity index is 3.40. The lowest BCUT2D eigenvalue weighted by molar-refractivity contribution is 0.0530. The van der Waals surface area contributed by atoms with Gasteiger partial charge in [0.25, 0.3) is 0 Å². The van der Waals surface area contributed by atoms with Crippen LogP contribution in [0.2, 0.25) is 0 Å². The van der Waals surface area contributed by atoms with Crippen LogP contribution in [-0.2, 0) is 4.74 Å². The van der Waals surface area contributed by atoms with E-state index in [1.165, 1.54) is 32.1 Å². The quantitative estimate of drug-likeness (QED) is 0.518. The Morgan fingerprint density at radius 1 is 1.18 bits per heavy atom. The molecule has 0 aromatic heterocycles. The third kappa shape index (κ3) is 10.3. The first kappa shape index (κ1) is 16.4. The van der Waals surface area contributed by atoms with E-state index in [-0.39, 0.29) is 5.41 Å². The zero-order valence-corrected chi connectivity index (χ0v) is 12.1. The Kier molecular flexibility index (Phi) is 9.17. The van der Waals surface area contributed by atoms with Crippen molar-refractivity contribution in [2.45, 2.75) is 78.7 Å². The van der Waals surface area contributed by atoms with E-state index in [0.29, 0.717) is 6.10 Å². The molecule has 0 radical (unpaired) electrons. The molecule has 1 atom stereocenters. The standard InChI is InChI=1S/C15H29NO/c1-5-6-7-8-10-14(2)17-12-9-11-15(3,4)13-16/h14H,5-12H2,1-4H3. The summed E-state index contributed by atoms with van der Waals surface area (Å²) in [5, 5.41) is 8.88. The number of hydrogen-bond acceptors (Lipinski definition) is 2. The van der Waals surface area contributed by atoms with Gasteiger partial charge in [0.1, 0.15) is 0 Å². The maximum atomic E-state index is 8.88. The Hall–Kier alpha value is -0.550. The SMILES string of the molecule is CCCCCCC(C)OCCCC(C)(C)C#N. The van der Waals surface area contributed by atoms with E-state index >= 15 is 0 Å². The van der Waals surface area contributed by atoms with Gasteiger partial charge in [0.05, 0.1) is 17.6 Å². The molecule has 0 aliphatic heterocycles. The summed E-state index contributed by atoms with van der Waals surface area (Å²) in [7, 11) is 0. The number of unbranched alkanes of at least 4 members (excludes halogenated alkanes) is 3. The number of nitrogens with zero attached hydrogens (tertiary/aromatic N) is 1. The molecule has 0 N–H and O–H groups in total. The summed E-state index contributed by atoms with van der Waals surface area (Å²) >= 11 is 0. The van der Waals surface area contributed by atoms with Crippen molar-refractivity contribution in [3.8, 4) is 6.07 Å². The van der Waals surface area contributed by atoms with Crippen LogP contribution < -0.4 is 0 Å². The van der Waals surface area contributed by atoms with Crippen molar-refractivity contribution in [3.05, 3.63) is 0 Å². The minimum atomic E-state index is -0.201. The molecule has 0 aliphatic rings. The van der Waals surface area contributed by atoms with Gasteiger partial charge in [0.2, 0.25) is 0 Å². The van der Waals surface area contributed by atoms with Gasteiger partial charge in [0.15, 0.2) is 0 Å². The van der Waals surface area contributed by atoms with E-state index in [0.717, 1.165) is 19.4 Å². The fraction of sp³-hybridized carbons (Fsp3) is 0.933. The van der Waals surface area contributed by atoms with Gasteiger partial charge in [-0.05, 0) is 40.0 Å². The van der Waals surface area contributed by atoms with Crippen LogP contribution >= 0.6 is 0 Å². The van der Waals surface area contributed by atoms with Crippen molar-refractivity contribution < 1.29 is 4.74 Å². The normalized spacial score (nSPS) is 13.4. The van der Waals surface area contributed by atoms with Crippen molar-refractivity contribution in [2.75, 3.05) is 6.61 Å². The summed E-state index contributed by atoms with van der Waals surface area (Å²) < 4.78 is 5.75. The van der Waals surface area contributed by atoms with Gasteiger partial charge in [-0.3, -0.25) is 0 Å². The number of rotatable bonds is 10. The molecule has 1 unspecified atom stereocenters. The Labute approximate surface area is 107 Å². The van der Waals surface area contributed by atoms with Crippen molar-refractivity contribution in [2.24, 2.45) is 5.41 Å². The molecule has 0 heterocycles. The first-order chi connectivity index (χ1) is 8.02. The highest BCUT2D eigenvalue weighted by molar-refractivity contribution is 4.91. The van der Waals surface area contributed by atoms with E-state index in [9.17, 15) is 0 Å². The fourth-order valence-electron chi connectivity index (χ4n) is 1.80. The van der Waals surface area contributed by atoms with Gasteiger partial charge < -0.3 is 4.74 Å². The molecule has 0 spiro atoms. The summed E-state index contributed by atoms with van der Waals surface area (Å²) in [4.78, 5) is 0. The van der Waals surface area contributed by atoms with Gasteiger partial charge in [-0.25, -0.2) is 0 Å². The lowest BCUT2D eigenvalue weighted by atomic mass is 9.90. The molecular weight excluding hydrogens is 210 g/mol. The van der Waals surface area contributed by atoms with Crippen molar-refractivity contribution in [3.63, 3.8) is 0 Å². The highest BCUT2D eigenvalue weighted by Crippen LogP contribution is 2.20. The first-order valence-electron chi connectivity index (χ1n) is 7.04. The average molecular weight is 239 g/mol. The van der Waals surface area contributed by atoms with Crippen LogP contribution in [0.4, 0.5) is 0 Å². The Bertz CT molecular complexity index is 217. The van der Waals surface area contributed by atoms with Crippen LogP contribution in [0.3, 0.4) is 0 Å². The van der Waals surface area contributed by atoms with Crippen LogP contribution in [-0.4, -0.2) is 12.7 Å². The van der Waals surface area contributed by atoms with Gasteiger partial charge >= 0.3 is 0 Å². The summed E-state index contributed by atoms with van der Waals surface area (Å²) in [6.45, 7) is 9.15. The summed E-state index contributed by atoms with van der Waals surface area (Å²) in [5.41, 5.74) is -0.201. The van der Waals surface area contributed by atoms with Crippen molar-refractivity contribution in [1.82, 2.24) is 0 Å². The average Bonchev–Trinajstić information content (AvgIpc) is 2.30. The molecule has 0 saturated heterocycles. The van der Waals surface area contributed by atoms with E-state index in [2.05, 4.69) is 19.9 Å². The second kappa shape index (κ2) is 9.48. The topological polar surface area (TPSA) is 33.0 Å². The lowest BCUT2D eigenvalue weighted by Crippen LogP contribution is -2.13. The van der Waals surface area contributed by atoms with Crippen LogP contribution in [0.25, 0.3) is 0 Å². The molecule has 0 rings (SSSR count). The molecule has 0 fully saturated rings. The van der Waals surface area contributed by atoms with E-state index < -0.39 is 0 Å². The van der Waals surface area contributed by atoms with Gasteiger partial charge in [-0.1, -0.05) is 32.6 Å². The zero-order chi connectivity index (χ0) is 13.1. The molecular formula is C15H29NO. The first-order valence-corrected chi connectivity index (χ1v) is 7.04. The number of nitriles is 1. The van der Waals surface area contributed by atoms with Gasteiger partial charge in [-0.15, -0.1) is 0 Å². The molecule has 0 aromatic rings. The molecule has 100 valence electrons. The number of ether oxygens (including phenoxy) is 1. The van der Waals surface area contributed by atoms with Crippen molar-refractivity contribution >= 4 is 0 Å². The second-order valence-electron chi connectivity index (χ2n) is 5.63. The third-order valence-electron chi connectivity index (χ3n) is 3.12.